The van der Waals surface area contributed by atoms with Crippen LogP contribution in [0.15, 0.2) is 28.7 Å². The molecule has 1 aliphatic heterocycles. The van der Waals surface area contributed by atoms with Crippen LogP contribution in [0.4, 0.5) is 17.8 Å². The highest BCUT2D eigenvalue weighted by Crippen LogP contribution is 2.36. The molecule has 1 aromatic heterocycles. The summed E-state index contributed by atoms with van der Waals surface area (Å²) in [5.41, 5.74) is 12.5. The van der Waals surface area contributed by atoms with Crippen molar-refractivity contribution >= 4 is 33.8 Å². The van der Waals surface area contributed by atoms with Crippen LogP contribution in [0.5, 0.6) is 0 Å². The first-order valence-electron chi connectivity index (χ1n) is 7.42. The molecule has 0 bridgehead atoms. The molecule has 1 fully saturated rings. The summed E-state index contributed by atoms with van der Waals surface area (Å²) in [7, 11) is 0. The molecule has 122 valence electrons. The second-order valence-corrected chi connectivity index (χ2v) is 6.55. The van der Waals surface area contributed by atoms with E-state index in [-0.39, 0.29) is 17.3 Å². The van der Waals surface area contributed by atoms with Crippen LogP contribution in [0.2, 0.25) is 0 Å². The van der Waals surface area contributed by atoms with Gasteiger partial charge >= 0.3 is 0 Å². The minimum atomic E-state index is -0.0435. The number of hydrogen-bond donors (Lipinski definition) is 3. The van der Waals surface area contributed by atoms with E-state index in [2.05, 4.69) is 54.4 Å². The van der Waals surface area contributed by atoms with Gasteiger partial charge < -0.3 is 21.5 Å². The zero-order chi connectivity index (χ0) is 16.3. The van der Waals surface area contributed by atoms with Gasteiger partial charge in [-0.3, -0.25) is 0 Å². The first kappa shape index (κ1) is 15.9. The van der Waals surface area contributed by atoms with Crippen molar-refractivity contribution in [1.82, 2.24) is 15.0 Å². The van der Waals surface area contributed by atoms with Crippen molar-refractivity contribution in [3.8, 4) is 0 Å². The zero-order valence-electron chi connectivity index (χ0n) is 12.6. The Hall–Kier alpha value is -1.93. The zero-order valence-corrected chi connectivity index (χ0v) is 14.2. The van der Waals surface area contributed by atoms with E-state index in [1.165, 1.54) is 5.56 Å². The number of ether oxygens (including phenoxy) is 1. The number of anilines is 3. The van der Waals surface area contributed by atoms with Gasteiger partial charge in [0.1, 0.15) is 0 Å². The summed E-state index contributed by atoms with van der Waals surface area (Å²) in [6, 6.07) is 8.38. The van der Waals surface area contributed by atoms with E-state index in [9.17, 15) is 0 Å². The molecule has 0 saturated carbocycles. The van der Waals surface area contributed by atoms with Gasteiger partial charge in [0.15, 0.2) is 0 Å². The van der Waals surface area contributed by atoms with Crippen molar-refractivity contribution in [2.45, 2.75) is 18.3 Å². The normalized spacial score (nSPS) is 16.9. The topological polar surface area (TPSA) is 112 Å². The van der Waals surface area contributed by atoms with E-state index in [1.807, 2.05) is 6.07 Å². The second-order valence-electron chi connectivity index (χ2n) is 5.63. The molecule has 7 nitrogen and oxygen atoms in total. The summed E-state index contributed by atoms with van der Waals surface area (Å²) < 4.78 is 6.61. The summed E-state index contributed by atoms with van der Waals surface area (Å²) in [5.74, 6) is 0.628. The molecule has 0 amide bonds. The van der Waals surface area contributed by atoms with Crippen molar-refractivity contribution in [1.29, 1.82) is 0 Å². The van der Waals surface area contributed by atoms with Crippen molar-refractivity contribution in [2.24, 2.45) is 0 Å². The molecule has 0 unspecified atom stereocenters. The van der Waals surface area contributed by atoms with Gasteiger partial charge in [0.2, 0.25) is 17.8 Å². The standard InChI is InChI=1S/C15H19BrN6O/c16-11-3-1-2-10(8-11)15(4-6-23-7-5-15)9-19-14-21-12(17)20-13(18)22-14/h1-3,8H,4-7,9H2,(H5,17,18,19,20,21,22). The van der Waals surface area contributed by atoms with Gasteiger partial charge in [-0.15, -0.1) is 0 Å². The fourth-order valence-corrected chi connectivity index (χ4v) is 3.28. The molecule has 23 heavy (non-hydrogen) atoms. The van der Waals surface area contributed by atoms with Crippen LogP contribution < -0.4 is 16.8 Å². The number of benzene rings is 1. The largest absolute Gasteiger partial charge is 0.381 e. The van der Waals surface area contributed by atoms with Gasteiger partial charge in [0, 0.05) is 29.6 Å². The van der Waals surface area contributed by atoms with Gasteiger partial charge in [-0.2, -0.15) is 15.0 Å². The average Bonchev–Trinajstić information content (AvgIpc) is 2.53. The number of rotatable bonds is 4. The van der Waals surface area contributed by atoms with E-state index < -0.39 is 0 Å². The Kier molecular flexibility index (Phi) is 4.63. The van der Waals surface area contributed by atoms with Gasteiger partial charge in [0.25, 0.3) is 0 Å². The molecule has 0 spiro atoms. The van der Waals surface area contributed by atoms with Gasteiger partial charge in [-0.25, -0.2) is 0 Å². The Labute approximate surface area is 143 Å². The predicted octanol–water partition coefficient (Wildman–Crippen LogP) is 1.96. The Morgan fingerprint density at radius 1 is 1.13 bits per heavy atom. The number of hydrogen-bond acceptors (Lipinski definition) is 7. The molecule has 5 N–H and O–H groups in total. The van der Waals surface area contributed by atoms with Crippen molar-refractivity contribution in [3.63, 3.8) is 0 Å². The summed E-state index contributed by atoms with van der Waals surface area (Å²) in [5, 5.41) is 3.26. The third-order valence-electron chi connectivity index (χ3n) is 4.14. The molecule has 1 aliphatic rings. The first-order chi connectivity index (χ1) is 11.1. The summed E-state index contributed by atoms with van der Waals surface area (Å²) in [6.45, 7) is 2.14. The van der Waals surface area contributed by atoms with Gasteiger partial charge in [0.05, 0.1) is 0 Å². The van der Waals surface area contributed by atoms with Crippen LogP contribution in [-0.2, 0) is 10.2 Å². The number of halogens is 1. The van der Waals surface area contributed by atoms with E-state index in [0.29, 0.717) is 12.5 Å². The molecule has 2 aromatic rings. The monoisotopic (exact) mass is 378 g/mol. The lowest BCUT2D eigenvalue weighted by molar-refractivity contribution is 0.0543. The number of nitrogens with one attached hydrogen (secondary N) is 1. The molecular formula is C15H19BrN6O. The quantitative estimate of drug-likeness (QED) is 0.744. The van der Waals surface area contributed by atoms with E-state index in [0.717, 1.165) is 30.5 Å². The molecule has 1 aromatic carbocycles. The Balaban J connectivity index is 1.84. The van der Waals surface area contributed by atoms with Crippen molar-refractivity contribution in [3.05, 3.63) is 34.3 Å². The number of aromatic nitrogens is 3. The average molecular weight is 379 g/mol. The summed E-state index contributed by atoms with van der Waals surface area (Å²) in [4.78, 5) is 12.0. The molecule has 0 radical (unpaired) electrons. The minimum absolute atomic E-state index is 0.0435. The fourth-order valence-electron chi connectivity index (χ4n) is 2.88. The summed E-state index contributed by atoms with van der Waals surface area (Å²) >= 11 is 3.55. The fraction of sp³-hybridized carbons (Fsp3) is 0.400. The van der Waals surface area contributed by atoms with E-state index in [4.69, 9.17) is 16.2 Å². The van der Waals surface area contributed by atoms with E-state index >= 15 is 0 Å². The van der Waals surface area contributed by atoms with Crippen LogP contribution in [0, 0.1) is 0 Å². The molecule has 8 heteroatoms. The van der Waals surface area contributed by atoms with E-state index in [1.54, 1.807) is 0 Å². The highest BCUT2D eigenvalue weighted by Gasteiger charge is 2.34. The van der Waals surface area contributed by atoms with Crippen LogP contribution in [0.25, 0.3) is 0 Å². The lowest BCUT2D eigenvalue weighted by Gasteiger charge is -2.38. The number of nitrogen functional groups attached to an aromatic ring is 2. The Morgan fingerprint density at radius 2 is 1.83 bits per heavy atom. The highest BCUT2D eigenvalue weighted by molar-refractivity contribution is 9.10. The first-order valence-corrected chi connectivity index (χ1v) is 8.21. The maximum absolute atomic E-state index is 5.62. The van der Waals surface area contributed by atoms with Crippen LogP contribution in [-0.4, -0.2) is 34.7 Å². The van der Waals surface area contributed by atoms with Gasteiger partial charge in [-0.1, -0.05) is 28.1 Å². The molecule has 0 atom stereocenters. The number of nitrogens with zero attached hydrogens (tertiary/aromatic N) is 3. The minimum Gasteiger partial charge on any atom is -0.381 e. The van der Waals surface area contributed by atoms with Gasteiger partial charge in [-0.05, 0) is 30.5 Å². The molecule has 2 heterocycles. The second kappa shape index (κ2) is 6.67. The summed E-state index contributed by atoms with van der Waals surface area (Å²) in [6.07, 6.45) is 1.85. The third-order valence-corrected chi connectivity index (χ3v) is 4.64. The van der Waals surface area contributed by atoms with Crippen LogP contribution in [0.1, 0.15) is 18.4 Å². The molecule has 0 aliphatic carbocycles. The third kappa shape index (κ3) is 3.70. The Bertz CT molecular complexity index is 669. The molecule has 3 rings (SSSR count). The maximum atomic E-state index is 5.62. The van der Waals surface area contributed by atoms with Crippen LogP contribution in [0.3, 0.4) is 0 Å². The predicted molar refractivity (Wildman–Crippen MR) is 93.0 cm³/mol. The van der Waals surface area contributed by atoms with Crippen molar-refractivity contribution in [2.75, 3.05) is 36.5 Å². The smallest absolute Gasteiger partial charge is 0.229 e. The lowest BCUT2D eigenvalue weighted by Crippen LogP contribution is -2.40. The highest BCUT2D eigenvalue weighted by atomic mass is 79.9. The Morgan fingerprint density at radius 3 is 2.48 bits per heavy atom. The molecular weight excluding hydrogens is 360 g/mol. The molecule has 1 saturated heterocycles. The SMILES string of the molecule is Nc1nc(N)nc(NCC2(c3cccc(Br)c3)CCOCC2)n1. The lowest BCUT2D eigenvalue weighted by atomic mass is 9.74. The maximum Gasteiger partial charge on any atom is 0.229 e. The number of nitrogens with two attached hydrogens (primary N) is 2. The van der Waals surface area contributed by atoms with Crippen molar-refractivity contribution < 1.29 is 4.74 Å². The van der Waals surface area contributed by atoms with Crippen LogP contribution >= 0.6 is 15.9 Å².